The summed E-state index contributed by atoms with van der Waals surface area (Å²) in [7, 11) is 0. The summed E-state index contributed by atoms with van der Waals surface area (Å²) in [6.45, 7) is 0. The number of hydrogen-bond donors (Lipinski definition) is 0. The quantitative estimate of drug-likeness (QED) is 0.505. The molecule has 0 N–H and O–H groups in total. The van der Waals surface area contributed by atoms with Crippen LogP contribution in [-0.4, -0.2) is 0 Å². The van der Waals surface area contributed by atoms with E-state index in [0.717, 1.165) is 0 Å². The van der Waals surface area contributed by atoms with Gasteiger partial charge in [0.1, 0.15) is 0 Å². The SMILES string of the molecule is [Fe].[Ni].[Ni].[Ti]. The monoisotopic (exact) mass is 220 g/mol. The fourth-order valence-corrected chi connectivity index (χ4v) is 0. The van der Waals surface area contributed by atoms with Crippen LogP contribution < -0.4 is 0 Å². The van der Waals surface area contributed by atoms with Crippen LogP contribution in [-0.2, 0) is 71.8 Å². The molecule has 0 aromatic carbocycles. The third kappa shape index (κ3) is 8.88. The largest absolute Gasteiger partial charge is 0 e. The van der Waals surface area contributed by atoms with E-state index >= 15 is 0 Å². The molecule has 0 rings (SSSR count). The number of hydrogen-bond acceptors (Lipinski definition) is 0. The number of rotatable bonds is 0. The van der Waals surface area contributed by atoms with Crippen LogP contribution in [0.4, 0.5) is 0 Å². The fraction of sp³-hybridized carbons (Fsp3) is 0. The van der Waals surface area contributed by atoms with Crippen molar-refractivity contribution in [3.8, 4) is 0 Å². The molecule has 0 bridgehead atoms. The van der Waals surface area contributed by atoms with Gasteiger partial charge in [0, 0.05) is 71.8 Å². The standard InChI is InChI=1S/Fe.2Ni.Ti. The first-order chi connectivity index (χ1) is 0. The van der Waals surface area contributed by atoms with Gasteiger partial charge in [-0.05, 0) is 0 Å². The minimum atomic E-state index is 0. The summed E-state index contributed by atoms with van der Waals surface area (Å²) >= 11 is 0. The molecule has 0 atom stereocenters. The van der Waals surface area contributed by atoms with Crippen molar-refractivity contribution in [2.45, 2.75) is 0 Å². The molecule has 0 nitrogen and oxygen atoms in total. The average Bonchev–Trinajstić information content (AvgIpc) is 0. The molecule has 0 aliphatic heterocycles. The van der Waals surface area contributed by atoms with E-state index in [9.17, 15) is 0 Å². The van der Waals surface area contributed by atoms with Gasteiger partial charge in [0.05, 0.1) is 0 Å². The predicted octanol–water partition coefficient (Wildman–Crippen LogP) is -0.0100. The molecule has 0 amide bonds. The van der Waals surface area contributed by atoms with Crippen LogP contribution in [0.1, 0.15) is 0 Å². The molecule has 0 aromatic heterocycles. The summed E-state index contributed by atoms with van der Waals surface area (Å²) in [6.07, 6.45) is 0. The molecule has 0 spiro atoms. The Morgan fingerprint density at radius 3 is 0.750 bits per heavy atom. The molecule has 0 saturated heterocycles. The summed E-state index contributed by atoms with van der Waals surface area (Å²) in [5, 5.41) is 0. The van der Waals surface area contributed by atoms with E-state index in [1.807, 2.05) is 0 Å². The zero-order chi connectivity index (χ0) is 0. The zero-order valence-electron chi connectivity index (χ0n) is 1.49. The Kier molecular flexibility index (Phi) is 162. The molecule has 0 aliphatic rings. The first kappa shape index (κ1) is 34.4. The molecule has 4 heteroatoms. The van der Waals surface area contributed by atoms with E-state index in [2.05, 4.69) is 0 Å². The van der Waals surface area contributed by atoms with Crippen molar-refractivity contribution in [3.63, 3.8) is 0 Å². The van der Waals surface area contributed by atoms with Gasteiger partial charge in [0.15, 0.2) is 0 Å². The fourth-order valence-electron chi connectivity index (χ4n) is 0. The molecule has 0 saturated carbocycles. The van der Waals surface area contributed by atoms with E-state index in [4.69, 9.17) is 0 Å². The Morgan fingerprint density at radius 1 is 0.750 bits per heavy atom. The zero-order valence-corrected chi connectivity index (χ0v) is 6.13. The summed E-state index contributed by atoms with van der Waals surface area (Å²) in [4.78, 5) is 0. The molecule has 0 unspecified atom stereocenters. The first-order valence-corrected chi connectivity index (χ1v) is 0. The van der Waals surface area contributed by atoms with E-state index in [0.29, 0.717) is 0 Å². The molecule has 0 radical (unpaired) electrons. The van der Waals surface area contributed by atoms with Crippen LogP contribution in [0.3, 0.4) is 0 Å². The molecule has 0 aromatic rings. The normalized spacial score (nSPS) is 0. The van der Waals surface area contributed by atoms with Crippen LogP contribution in [0, 0.1) is 0 Å². The van der Waals surface area contributed by atoms with E-state index in [1.54, 1.807) is 0 Å². The second-order valence-corrected chi connectivity index (χ2v) is 0. The van der Waals surface area contributed by atoms with Gasteiger partial charge in [-0.3, -0.25) is 0 Å². The topological polar surface area (TPSA) is 0 Å². The predicted molar refractivity (Wildman–Crippen MR) is 0 cm³/mol. The third-order valence-corrected chi connectivity index (χ3v) is 0. The van der Waals surface area contributed by atoms with Crippen molar-refractivity contribution in [2.24, 2.45) is 0 Å². The van der Waals surface area contributed by atoms with Gasteiger partial charge in [-0.25, -0.2) is 0 Å². The Labute approximate surface area is 71.1 Å². The van der Waals surface area contributed by atoms with Crippen molar-refractivity contribution >= 4 is 0 Å². The average molecular weight is 221 g/mol. The third-order valence-electron chi connectivity index (χ3n) is 0. The summed E-state index contributed by atoms with van der Waals surface area (Å²) < 4.78 is 0. The van der Waals surface area contributed by atoms with Gasteiger partial charge in [0.25, 0.3) is 0 Å². The smallest absolute Gasteiger partial charge is 0 e. The van der Waals surface area contributed by atoms with Crippen LogP contribution >= 0.6 is 0 Å². The van der Waals surface area contributed by atoms with Crippen LogP contribution in [0.25, 0.3) is 0 Å². The van der Waals surface area contributed by atoms with Gasteiger partial charge >= 0.3 is 0 Å². The van der Waals surface area contributed by atoms with E-state index < -0.39 is 0 Å². The molecule has 0 aliphatic carbocycles. The van der Waals surface area contributed by atoms with Crippen molar-refractivity contribution < 1.29 is 71.8 Å². The summed E-state index contributed by atoms with van der Waals surface area (Å²) in [6, 6.07) is 0. The Hall–Kier alpha value is 2.22. The van der Waals surface area contributed by atoms with Gasteiger partial charge in [0.2, 0.25) is 0 Å². The minimum absolute atomic E-state index is 0. The Morgan fingerprint density at radius 2 is 0.750 bits per heavy atom. The van der Waals surface area contributed by atoms with Crippen molar-refractivity contribution in [1.82, 2.24) is 0 Å². The molecular weight excluding hydrogens is 221 g/mol. The second kappa shape index (κ2) is 18.9. The maximum absolute atomic E-state index is 0. The van der Waals surface area contributed by atoms with Gasteiger partial charge in [-0.1, -0.05) is 0 Å². The summed E-state index contributed by atoms with van der Waals surface area (Å²) in [5.41, 5.74) is 0. The van der Waals surface area contributed by atoms with Gasteiger partial charge in [-0.2, -0.15) is 0 Å². The molecule has 0 heterocycles. The van der Waals surface area contributed by atoms with Crippen LogP contribution in [0.5, 0.6) is 0 Å². The van der Waals surface area contributed by atoms with Gasteiger partial charge < -0.3 is 0 Å². The molecular formula is FeNi2Ti. The van der Waals surface area contributed by atoms with E-state index in [1.165, 1.54) is 0 Å². The molecule has 0 fully saturated rings. The Balaban J connectivity index is 0. The molecule has 4 heavy (non-hydrogen) atoms. The van der Waals surface area contributed by atoms with Crippen molar-refractivity contribution in [3.05, 3.63) is 0 Å². The van der Waals surface area contributed by atoms with Crippen LogP contribution in [0.15, 0.2) is 0 Å². The maximum atomic E-state index is 0. The Bertz CT molecular complexity index is 6.00. The first-order valence-electron chi connectivity index (χ1n) is 0. The molecule has 32 valence electrons. The van der Waals surface area contributed by atoms with Crippen molar-refractivity contribution in [2.75, 3.05) is 0 Å². The summed E-state index contributed by atoms with van der Waals surface area (Å²) in [5.74, 6) is 0. The van der Waals surface area contributed by atoms with Gasteiger partial charge in [-0.15, -0.1) is 0 Å². The minimum Gasteiger partial charge on any atom is 0 e. The maximum Gasteiger partial charge on any atom is 0 e. The second-order valence-electron chi connectivity index (χ2n) is 0. The van der Waals surface area contributed by atoms with E-state index in [-0.39, 0.29) is 71.8 Å². The van der Waals surface area contributed by atoms with Crippen LogP contribution in [0.2, 0.25) is 0 Å². The van der Waals surface area contributed by atoms with Crippen molar-refractivity contribution in [1.29, 1.82) is 0 Å².